The van der Waals surface area contributed by atoms with Crippen molar-refractivity contribution in [2.45, 2.75) is 24.4 Å². The molecule has 2 unspecified atom stereocenters. The number of allylic oxidation sites excluding steroid dienone is 2. The monoisotopic (exact) mass is 440 g/mol. The molecule has 0 aromatic heterocycles. The molecule has 2 atom stereocenters. The van der Waals surface area contributed by atoms with E-state index in [2.05, 4.69) is 0 Å². The molecule has 1 amide bonds. The minimum atomic E-state index is -0.622. The van der Waals surface area contributed by atoms with Crippen molar-refractivity contribution in [3.63, 3.8) is 0 Å². The minimum absolute atomic E-state index is 0.186. The Labute approximate surface area is 184 Å². The molecule has 4 rings (SSSR count). The molecular weight excluding hydrogens is 420 g/mol. The lowest BCUT2D eigenvalue weighted by molar-refractivity contribution is -0.153. The lowest BCUT2D eigenvalue weighted by atomic mass is 10.0. The van der Waals surface area contributed by atoms with Crippen molar-refractivity contribution in [3.05, 3.63) is 94.2 Å². The van der Waals surface area contributed by atoms with Crippen LogP contribution in [0.4, 0.5) is 0 Å². The number of benzene rings is 2. The minimum Gasteiger partial charge on any atom is -0.448 e. The topological polar surface area (TPSA) is 72.6 Å². The van der Waals surface area contributed by atoms with Gasteiger partial charge in [0.25, 0.3) is 0 Å². The average Bonchev–Trinajstić information content (AvgIpc) is 2.81. The van der Waals surface area contributed by atoms with E-state index in [1.54, 1.807) is 13.0 Å². The predicted octanol–water partition coefficient (Wildman–Crippen LogP) is 3.96. The van der Waals surface area contributed by atoms with E-state index in [9.17, 15) is 9.59 Å². The molecule has 30 heavy (non-hydrogen) atoms. The molecule has 2 aliphatic heterocycles. The summed E-state index contributed by atoms with van der Waals surface area (Å²) in [4.78, 5) is 27.3. The number of rotatable bonds is 5. The number of halogens is 1. The molecule has 1 fully saturated rings. The van der Waals surface area contributed by atoms with Gasteiger partial charge in [0.1, 0.15) is 17.1 Å². The second-order valence-corrected chi connectivity index (χ2v) is 8.52. The lowest BCUT2D eigenvalue weighted by Gasteiger charge is -2.48. The first-order valence-electron chi connectivity index (χ1n) is 9.59. The van der Waals surface area contributed by atoms with E-state index in [1.165, 1.54) is 16.7 Å². The first kappa shape index (κ1) is 20.7. The van der Waals surface area contributed by atoms with Crippen LogP contribution in [0, 0.1) is 0 Å². The molecule has 154 valence electrons. The molecule has 2 aromatic carbocycles. The number of carbonyl (C=O) groups is 2. The smallest absolute Gasteiger partial charge is 0.356 e. The number of esters is 1. The number of hydrogen-bond donors (Lipinski definition) is 1. The van der Waals surface area contributed by atoms with Crippen LogP contribution in [-0.2, 0) is 14.3 Å². The first-order chi connectivity index (χ1) is 14.5. The number of nitrogens with zero attached hydrogens (tertiary/aromatic N) is 1. The number of thioether (sulfide) groups is 1. The highest BCUT2D eigenvalue weighted by atomic mass is 35.5. The van der Waals surface area contributed by atoms with Crippen molar-refractivity contribution in [3.8, 4) is 0 Å². The van der Waals surface area contributed by atoms with E-state index in [0.717, 1.165) is 11.1 Å². The number of amides is 1. The second-order valence-electron chi connectivity index (χ2n) is 7.01. The Hall–Kier alpha value is -2.54. The van der Waals surface area contributed by atoms with Crippen molar-refractivity contribution in [2.24, 2.45) is 5.73 Å². The fourth-order valence-electron chi connectivity index (χ4n) is 3.61. The van der Waals surface area contributed by atoms with Gasteiger partial charge in [-0.3, -0.25) is 9.69 Å². The summed E-state index contributed by atoms with van der Waals surface area (Å²) in [5.74, 6) is -0.404. The van der Waals surface area contributed by atoms with Crippen LogP contribution in [0.3, 0.4) is 0 Å². The quantitative estimate of drug-likeness (QED) is 0.562. The van der Waals surface area contributed by atoms with Crippen LogP contribution in [0.25, 0.3) is 0 Å². The number of nitrogens with two attached hydrogens (primary N) is 1. The lowest BCUT2D eigenvalue weighted by Crippen LogP contribution is -2.68. The van der Waals surface area contributed by atoms with Gasteiger partial charge in [-0.1, -0.05) is 78.3 Å². The number of ether oxygens (including phenoxy) is 1. The van der Waals surface area contributed by atoms with Crippen LogP contribution in [0.5, 0.6) is 0 Å². The third-order valence-corrected chi connectivity index (χ3v) is 6.92. The Morgan fingerprint density at radius 3 is 2.27 bits per heavy atom. The first-order valence-corrected chi connectivity index (χ1v) is 11.0. The van der Waals surface area contributed by atoms with Crippen LogP contribution in [-0.4, -0.2) is 33.9 Å². The molecule has 0 spiro atoms. The van der Waals surface area contributed by atoms with E-state index >= 15 is 0 Å². The molecule has 2 heterocycles. The maximum absolute atomic E-state index is 13.4. The van der Waals surface area contributed by atoms with E-state index in [1.807, 2.05) is 60.7 Å². The molecule has 2 aromatic rings. The van der Waals surface area contributed by atoms with E-state index in [4.69, 9.17) is 22.1 Å². The molecule has 2 N–H and O–H groups in total. The molecule has 0 aliphatic carbocycles. The third-order valence-electron chi connectivity index (χ3n) is 5.17. The summed E-state index contributed by atoms with van der Waals surface area (Å²) in [6.07, 6.45) is 1.09. The number of fused-ring (bicyclic) bond motifs is 1. The Morgan fingerprint density at radius 1 is 1.17 bits per heavy atom. The summed E-state index contributed by atoms with van der Waals surface area (Å²) < 4.78 is 6.00. The van der Waals surface area contributed by atoms with Crippen molar-refractivity contribution in [1.82, 2.24) is 4.90 Å². The summed E-state index contributed by atoms with van der Waals surface area (Å²) in [5, 5.41) is 0.147. The van der Waals surface area contributed by atoms with Crippen LogP contribution in [0.1, 0.15) is 24.2 Å². The Balaban J connectivity index is 1.73. The van der Waals surface area contributed by atoms with Gasteiger partial charge in [-0.25, -0.2) is 4.79 Å². The van der Waals surface area contributed by atoms with Crippen LogP contribution >= 0.6 is 23.4 Å². The highest BCUT2D eigenvalue weighted by Crippen LogP contribution is 2.43. The zero-order chi connectivity index (χ0) is 21.3. The molecule has 0 bridgehead atoms. The van der Waals surface area contributed by atoms with Gasteiger partial charge in [0.05, 0.1) is 0 Å². The highest BCUT2D eigenvalue weighted by molar-refractivity contribution is 8.00. The standard InChI is InChI=1S/C23H21ClN2O3S/c1-2-17(24)16-13-30-22-18(25)21(27)26(22)19(16)23(28)29-20(14-9-5-3-6-10-14)15-11-7-4-8-12-15/h2-12,18,20,22H,13,25H2,1H3/b17-2-. The number of carbonyl (C=O) groups excluding carboxylic acids is 2. The van der Waals surface area contributed by atoms with Crippen molar-refractivity contribution >= 4 is 35.2 Å². The Bertz CT molecular complexity index is 984. The van der Waals surface area contributed by atoms with Gasteiger partial charge in [-0.05, 0) is 18.1 Å². The van der Waals surface area contributed by atoms with Crippen molar-refractivity contribution in [2.75, 3.05) is 5.75 Å². The number of hydrogen-bond acceptors (Lipinski definition) is 5. The Kier molecular flexibility index (Phi) is 5.99. The van der Waals surface area contributed by atoms with E-state index in [0.29, 0.717) is 16.4 Å². The van der Waals surface area contributed by atoms with Crippen molar-refractivity contribution < 1.29 is 14.3 Å². The zero-order valence-corrected chi connectivity index (χ0v) is 17.9. The predicted molar refractivity (Wildman–Crippen MR) is 119 cm³/mol. The molecule has 1 saturated heterocycles. The van der Waals surface area contributed by atoms with Gasteiger partial charge in [-0.2, -0.15) is 0 Å². The molecule has 0 radical (unpaired) electrons. The van der Waals surface area contributed by atoms with Gasteiger partial charge in [-0.15, -0.1) is 11.8 Å². The fraction of sp³-hybridized carbons (Fsp3) is 0.217. The summed E-state index contributed by atoms with van der Waals surface area (Å²) in [6.45, 7) is 1.79. The van der Waals surface area contributed by atoms with Gasteiger partial charge in [0.15, 0.2) is 6.10 Å². The Morgan fingerprint density at radius 2 is 1.73 bits per heavy atom. The largest absolute Gasteiger partial charge is 0.448 e. The normalized spacial score (nSPS) is 21.4. The maximum atomic E-state index is 13.4. The number of β-lactam (4-membered cyclic amide) rings is 1. The van der Waals surface area contributed by atoms with Gasteiger partial charge in [0, 0.05) is 16.4 Å². The molecular formula is C23H21ClN2O3S. The van der Waals surface area contributed by atoms with Crippen molar-refractivity contribution in [1.29, 1.82) is 0 Å². The van der Waals surface area contributed by atoms with Gasteiger partial charge in [0.2, 0.25) is 5.91 Å². The maximum Gasteiger partial charge on any atom is 0.356 e. The van der Waals surface area contributed by atoms with Gasteiger partial charge >= 0.3 is 5.97 Å². The highest BCUT2D eigenvalue weighted by Gasteiger charge is 2.52. The molecule has 5 nitrogen and oxygen atoms in total. The fourth-order valence-corrected chi connectivity index (χ4v) is 5.16. The average molecular weight is 441 g/mol. The third kappa shape index (κ3) is 3.67. The summed E-state index contributed by atoms with van der Waals surface area (Å²) >= 11 is 7.89. The summed E-state index contributed by atoms with van der Waals surface area (Å²) in [5.41, 5.74) is 8.39. The van der Waals surface area contributed by atoms with E-state index < -0.39 is 18.1 Å². The van der Waals surface area contributed by atoms with Crippen LogP contribution in [0.15, 0.2) is 83.0 Å². The summed E-state index contributed by atoms with van der Waals surface area (Å²) in [7, 11) is 0. The second kappa shape index (κ2) is 8.68. The molecule has 0 saturated carbocycles. The molecule has 2 aliphatic rings. The summed E-state index contributed by atoms with van der Waals surface area (Å²) in [6, 6.07) is 18.4. The van der Waals surface area contributed by atoms with Crippen LogP contribution < -0.4 is 5.73 Å². The van der Waals surface area contributed by atoms with Crippen LogP contribution in [0.2, 0.25) is 0 Å². The zero-order valence-electron chi connectivity index (χ0n) is 16.3. The molecule has 7 heteroatoms. The SMILES string of the molecule is C/C=C(\Cl)C1=C(C(=O)OC(c2ccccc2)c2ccccc2)N2C(=O)C(N)C2SC1. The van der Waals surface area contributed by atoms with Gasteiger partial charge < -0.3 is 10.5 Å². The van der Waals surface area contributed by atoms with E-state index in [-0.39, 0.29) is 17.0 Å².